The predicted molar refractivity (Wildman–Crippen MR) is 137 cm³/mol. The molecule has 0 radical (unpaired) electrons. The fourth-order valence-corrected chi connectivity index (χ4v) is 4.48. The Morgan fingerprint density at radius 3 is 2.18 bits per heavy atom. The number of nitrogens with one attached hydrogen (secondary N) is 1. The van der Waals surface area contributed by atoms with E-state index in [4.69, 9.17) is 0 Å². The first-order valence-electron chi connectivity index (χ1n) is 11.8. The molecular formula is C28H32N4O2. The highest BCUT2D eigenvalue weighted by molar-refractivity contribution is 6.14. The minimum absolute atomic E-state index is 0.250. The number of carbonyl (C=O) groups excluding carboxylic acids is 2. The van der Waals surface area contributed by atoms with Crippen LogP contribution in [0.4, 0.5) is 10.5 Å². The summed E-state index contributed by atoms with van der Waals surface area (Å²) in [6.07, 6.45) is 1.78. The Balaban J connectivity index is 1.58. The number of nitrogens with zero attached hydrogens (tertiary/aromatic N) is 3. The van der Waals surface area contributed by atoms with Crippen LogP contribution >= 0.6 is 0 Å². The first kappa shape index (κ1) is 23.4. The summed E-state index contributed by atoms with van der Waals surface area (Å²) in [6.45, 7) is 12.6. The van der Waals surface area contributed by atoms with Crippen LogP contribution in [0.25, 0.3) is 11.8 Å². The van der Waals surface area contributed by atoms with E-state index in [9.17, 15) is 9.59 Å². The Labute approximate surface area is 201 Å². The molecular weight excluding hydrogens is 424 g/mol. The summed E-state index contributed by atoms with van der Waals surface area (Å²) in [4.78, 5) is 29.1. The third kappa shape index (κ3) is 4.49. The van der Waals surface area contributed by atoms with E-state index in [1.165, 1.54) is 10.6 Å². The molecule has 0 spiro atoms. The summed E-state index contributed by atoms with van der Waals surface area (Å²) in [5.41, 5.74) is 7.61. The van der Waals surface area contributed by atoms with E-state index < -0.39 is 6.03 Å². The van der Waals surface area contributed by atoms with Gasteiger partial charge in [-0.1, -0.05) is 29.8 Å². The lowest BCUT2D eigenvalue weighted by Gasteiger charge is -2.21. The van der Waals surface area contributed by atoms with Crippen molar-refractivity contribution in [1.82, 2.24) is 14.8 Å². The number of urea groups is 1. The van der Waals surface area contributed by atoms with Gasteiger partial charge >= 0.3 is 6.03 Å². The van der Waals surface area contributed by atoms with Gasteiger partial charge in [0.1, 0.15) is 5.70 Å². The quantitative estimate of drug-likeness (QED) is 0.386. The van der Waals surface area contributed by atoms with Crippen molar-refractivity contribution in [3.05, 3.63) is 88.4 Å². The lowest BCUT2D eigenvalue weighted by Crippen LogP contribution is -2.30. The molecule has 176 valence electrons. The van der Waals surface area contributed by atoms with Gasteiger partial charge in [-0.25, -0.2) is 4.79 Å². The molecule has 2 aromatic carbocycles. The van der Waals surface area contributed by atoms with Crippen LogP contribution in [0.5, 0.6) is 0 Å². The zero-order valence-electron chi connectivity index (χ0n) is 20.6. The zero-order valence-corrected chi connectivity index (χ0v) is 20.6. The summed E-state index contributed by atoms with van der Waals surface area (Å²) < 4.78 is 2.17. The highest BCUT2D eigenvalue weighted by Crippen LogP contribution is 2.26. The minimum atomic E-state index is -0.391. The van der Waals surface area contributed by atoms with Crippen LogP contribution in [0, 0.1) is 20.8 Å². The van der Waals surface area contributed by atoms with Crippen LogP contribution in [0.1, 0.15) is 41.9 Å². The van der Waals surface area contributed by atoms with Crippen LogP contribution in [-0.2, 0) is 11.3 Å². The van der Waals surface area contributed by atoms with Gasteiger partial charge in [0.25, 0.3) is 5.91 Å². The van der Waals surface area contributed by atoms with Crippen molar-refractivity contribution in [3.63, 3.8) is 0 Å². The number of rotatable bonds is 7. The molecule has 0 saturated carbocycles. The Bertz CT molecular complexity index is 1230. The molecule has 6 heteroatoms. The Morgan fingerprint density at radius 2 is 1.56 bits per heavy atom. The number of hydrogen-bond acceptors (Lipinski definition) is 3. The molecule has 1 N–H and O–H groups in total. The first-order chi connectivity index (χ1) is 16.3. The molecule has 3 amide bonds. The molecule has 3 aromatic rings. The van der Waals surface area contributed by atoms with E-state index in [0.717, 1.165) is 46.9 Å². The van der Waals surface area contributed by atoms with Crippen molar-refractivity contribution in [3.8, 4) is 5.69 Å². The maximum atomic E-state index is 13.0. The number of aryl methyl sites for hydroxylation is 2. The van der Waals surface area contributed by atoms with Gasteiger partial charge in [0.05, 0.1) is 6.54 Å². The highest BCUT2D eigenvalue weighted by atomic mass is 16.2. The average Bonchev–Trinajstić information content (AvgIpc) is 3.25. The van der Waals surface area contributed by atoms with Crippen molar-refractivity contribution >= 4 is 23.7 Å². The van der Waals surface area contributed by atoms with E-state index in [1.807, 2.05) is 51.1 Å². The van der Waals surface area contributed by atoms with Gasteiger partial charge in [0, 0.05) is 35.9 Å². The van der Waals surface area contributed by atoms with Gasteiger partial charge in [-0.3, -0.25) is 9.69 Å². The SMILES string of the molecule is CCN(CC)c1ccc(-n2c(C)cc(/C=C3/NC(=O)N(Cc4ccc(C)cc4)C3=O)c2C)cc1. The third-order valence-corrected chi connectivity index (χ3v) is 6.43. The molecule has 2 heterocycles. The van der Waals surface area contributed by atoms with Gasteiger partial charge in [-0.2, -0.15) is 0 Å². The Morgan fingerprint density at radius 1 is 0.912 bits per heavy atom. The van der Waals surface area contributed by atoms with Crippen LogP contribution in [0.2, 0.25) is 0 Å². The summed E-state index contributed by atoms with van der Waals surface area (Å²) in [6, 6.07) is 18.0. The fourth-order valence-electron chi connectivity index (χ4n) is 4.48. The number of carbonyl (C=O) groups is 2. The molecule has 4 rings (SSSR count). The number of aromatic nitrogens is 1. The normalized spacial score (nSPS) is 14.7. The standard InChI is InChI=1S/C28H32N4O2/c1-6-30(7-2)24-12-14-25(15-13-24)32-20(4)16-23(21(32)5)17-26-27(33)31(28(34)29-26)18-22-10-8-19(3)9-11-22/h8-17H,6-7,18H2,1-5H3,(H,29,34)/b26-17+. The second-order valence-corrected chi connectivity index (χ2v) is 8.72. The van der Waals surface area contributed by atoms with E-state index in [2.05, 4.69) is 52.9 Å². The fraction of sp³-hybridized carbons (Fsp3) is 0.286. The summed E-state index contributed by atoms with van der Waals surface area (Å²) >= 11 is 0. The van der Waals surface area contributed by atoms with Gasteiger partial charge in [-0.15, -0.1) is 0 Å². The summed E-state index contributed by atoms with van der Waals surface area (Å²) in [5.74, 6) is -0.307. The molecule has 6 nitrogen and oxygen atoms in total. The second-order valence-electron chi connectivity index (χ2n) is 8.72. The van der Waals surface area contributed by atoms with Crippen molar-refractivity contribution in [2.75, 3.05) is 18.0 Å². The lowest BCUT2D eigenvalue weighted by molar-refractivity contribution is -0.123. The largest absolute Gasteiger partial charge is 0.372 e. The summed E-state index contributed by atoms with van der Waals surface area (Å²) in [7, 11) is 0. The van der Waals surface area contributed by atoms with E-state index in [0.29, 0.717) is 5.70 Å². The number of benzene rings is 2. The molecule has 0 atom stereocenters. The lowest BCUT2D eigenvalue weighted by atomic mass is 10.1. The monoisotopic (exact) mass is 456 g/mol. The Hall–Kier alpha value is -3.80. The molecule has 1 fully saturated rings. The number of imide groups is 1. The van der Waals surface area contributed by atoms with Crippen molar-refractivity contribution in [2.24, 2.45) is 0 Å². The Kier molecular flexibility index (Phi) is 6.59. The van der Waals surface area contributed by atoms with Crippen LogP contribution in [0.3, 0.4) is 0 Å². The van der Waals surface area contributed by atoms with E-state index in [1.54, 1.807) is 6.08 Å². The molecule has 1 aromatic heterocycles. The average molecular weight is 457 g/mol. The van der Waals surface area contributed by atoms with Crippen molar-refractivity contribution < 1.29 is 9.59 Å². The molecule has 34 heavy (non-hydrogen) atoms. The van der Waals surface area contributed by atoms with E-state index in [-0.39, 0.29) is 12.5 Å². The smallest absolute Gasteiger partial charge is 0.329 e. The second kappa shape index (κ2) is 9.59. The predicted octanol–water partition coefficient (Wildman–Crippen LogP) is 5.34. The van der Waals surface area contributed by atoms with Crippen molar-refractivity contribution in [1.29, 1.82) is 0 Å². The molecule has 0 aliphatic carbocycles. The molecule has 0 unspecified atom stereocenters. The molecule has 1 aliphatic heterocycles. The van der Waals surface area contributed by atoms with Crippen molar-refractivity contribution in [2.45, 2.75) is 41.2 Å². The van der Waals surface area contributed by atoms with Gasteiger partial charge in [0.2, 0.25) is 0 Å². The first-order valence-corrected chi connectivity index (χ1v) is 11.8. The number of amides is 3. The van der Waals surface area contributed by atoms with Gasteiger partial charge in [-0.05, 0) is 82.2 Å². The maximum Gasteiger partial charge on any atom is 0.329 e. The van der Waals surface area contributed by atoms with Crippen LogP contribution in [-0.4, -0.2) is 34.5 Å². The minimum Gasteiger partial charge on any atom is -0.372 e. The van der Waals surface area contributed by atoms with Gasteiger partial charge < -0.3 is 14.8 Å². The highest BCUT2D eigenvalue weighted by Gasteiger charge is 2.33. The zero-order chi connectivity index (χ0) is 24.4. The van der Waals surface area contributed by atoms with Crippen LogP contribution in [0.15, 0.2) is 60.3 Å². The van der Waals surface area contributed by atoms with Gasteiger partial charge in [0.15, 0.2) is 0 Å². The summed E-state index contributed by atoms with van der Waals surface area (Å²) in [5, 5.41) is 2.75. The number of anilines is 1. The molecule has 1 saturated heterocycles. The maximum absolute atomic E-state index is 13.0. The van der Waals surface area contributed by atoms with E-state index >= 15 is 0 Å². The third-order valence-electron chi connectivity index (χ3n) is 6.43. The molecule has 0 bridgehead atoms. The topological polar surface area (TPSA) is 57.6 Å². The number of hydrogen-bond donors (Lipinski definition) is 1. The van der Waals surface area contributed by atoms with Crippen LogP contribution < -0.4 is 10.2 Å². The molecule has 1 aliphatic rings.